The number of nitrogens with two attached hydrogens (primary N) is 1. The van der Waals surface area contributed by atoms with Crippen LogP contribution in [0.2, 0.25) is 0 Å². The SMILES string of the molecule is CCn1cc(S(=O)(=O)NC2CC(=O)N(C)C2=O)c(N)n1. The summed E-state index contributed by atoms with van der Waals surface area (Å²) in [5, 5.41) is 3.83. The van der Waals surface area contributed by atoms with Crippen LogP contribution in [0.15, 0.2) is 11.1 Å². The van der Waals surface area contributed by atoms with Crippen molar-refractivity contribution in [3.05, 3.63) is 6.20 Å². The van der Waals surface area contributed by atoms with Gasteiger partial charge < -0.3 is 5.73 Å². The van der Waals surface area contributed by atoms with Gasteiger partial charge >= 0.3 is 0 Å². The molecule has 2 amide bonds. The van der Waals surface area contributed by atoms with Crippen LogP contribution in [0.5, 0.6) is 0 Å². The molecule has 110 valence electrons. The Balaban J connectivity index is 2.26. The Kier molecular flexibility index (Phi) is 3.52. The highest BCUT2D eigenvalue weighted by Crippen LogP contribution is 2.19. The van der Waals surface area contributed by atoms with Crippen LogP contribution < -0.4 is 10.5 Å². The zero-order chi connectivity index (χ0) is 15.1. The minimum Gasteiger partial charge on any atom is -0.381 e. The number of anilines is 1. The molecule has 1 aromatic rings. The quantitative estimate of drug-likeness (QED) is 0.653. The van der Waals surface area contributed by atoms with Gasteiger partial charge in [0.15, 0.2) is 5.82 Å². The molecule has 0 aliphatic carbocycles. The predicted octanol–water partition coefficient (Wildman–Crippen LogP) is -1.48. The smallest absolute Gasteiger partial charge is 0.247 e. The summed E-state index contributed by atoms with van der Waals surface area (Å²) in [4.78, 5) is 23.8. The Labute approximate surface area is 115 Å². The molecule has 20 heavy (non-hydrogen) atoms. The first-order valence-corrected chi connectivity index (χ1v) is 7.40. The molecule has 3 N–H and O–H groups in total. The molecule has 2 rings (SSSR count). The van der Waals surface area contributed by atoms with Crippen LogP contribution in [0.3, 0.4) is 0 Å². The van der Waals surface area contributed by atoms with E-state index in [2.05, 4.69) is 9.82 Å². The summed E-state index contributed by atoms with van der Waals surface area (Å²) in [6.07, 6.45) is 1.08. The second-order valence-electron chi connectivity index (χ2n) is 4.40. The van der Waals surface area contributed by atoms with E-state index in [1.165, 1.54) is 17.9 Å². The summed E-state index contributed by atoms with van der Waals surface area (Å²) < 4.78 is 27.9. The van der Waals surface area contributed by atoms with Crippen molar-refractivity contribution in [1.29, 1.82) is 0 Å². The van der Waals surface area contributed by atoms with Gasteiger partial charge in [-0.3, -0.25) is 19.2 Å². The number of hydrogen-bond donors (Lipinski definition) is 2. The van der Waals surface area contributed by atoms with Crippen molar-refractivity contribution in [3.8, 4) is 0 Å². The van der Waals surface area contributed by atoms with E-state index >= 15 is 0 Å². The van der Waals surface area contributed by atoms with Gasteiger partial charge in [0.1, 0.15) is 10.9 Å². The maximum Gasteiger partial charge on any atom is 0.247 e. The summed E-state index contributed by atoms with van der Waals surface area (Å²) in [7, 11) is -2.69. The summed E-state index contributed by atoms with van der Waals surface area (Å²) in [6.45, 7) is 2.24. The van der Waals surface area contributed by atoms with Gasteiger partial charge in [-0.25, -0.2) is 8.42 Å². The maximum atomic E-state index is 12.2. The molecule has 0 aromatic carbocycles. The van der Waals surface area contributed by atoms with E-state index in [9.17, 15) is 18.0 Å². The Bertz CT molecular complexity index is 665. The first kappa shape index (κ1) is 14.5. The number of imide groups is 1. The molecule has 1 aliphatic rings. The van der Waals surface area contributed by atoms with Crippen LogP contribution in [-0.2, 0) is 26.2 Å². The molecule has 10 heteroatoms. The Morgan fingerprint density at radius 3 is 2.60 bits per heavy atom. The second-order valence-corrected chi connectivity index (χ2v) is 6.09. The molecule has 0 radical (unpaired) electrons. The zero-order valence-electron chi connectivity index (χ0n) is 11.0. The van der Waals surface area contributed by atoms with E-state index in [0.717, 1.165) is 4.90 Å². The van der Waals surface area contributed by atoms with Crippen molar-refractivity contribution in [2.24, 2.45) is 0 Å². The minimum absolute atomic E-state index is 0.149. The molecule has 1 aliphatic heterocycles. The molecule has 0 spiro atoms. The van der Waals surface area contributed by atoms with E-state index in [0.29, 0.717) is 6.54 Å². The van der Waals surface area contributed by atoms with Crippen LogP contribution in [0.25, 0.3) is 0 Å². The maximum absolute atomic E-state index is 12.2. The lowest BCUT2D eigenvalue weighted by Crippen LogP contribution is -2.40. The van der Waals surface area contributed by atoms with Crippen LogP contribution in [0, 0.1) is 0 Å². The summed E-state index contributed by atoms with van der Waals surface area (Å²) in [6, 6.07) is -1.10. The Hall–Kier alpha value is -1.94. The van der Waals surface area contributed by atoms with E-state index in [1.807, 2.05) is 0 Å². The van der Waals surface area contributed by atoms with Gasteiger partial charge in [-0.1, -0.05) is 0 Å². The molecule has 9 nitrogen and oxygen atoms in total. The number of carbonyl (C=O) groups is 2. The summed E-state index contributed by atoms with van der Waals surface area (Å²) in [5.74, 6) is -1.16. The van der Waals surface area contributed by atoms with Crippen molar-refractivity contribution in [2.45, 2.75) is 30.8 Å². The number of hydrogen-bond acceptors (Lipinski definition) is 6. The van der Waals surface area contributed by atoms with Crippen LogP contribution in [0.4, 0.5) is 5.82 Å². The lowest BCUT2D eigenvalue weighted by atomic mass is 10.3. The highest BCUT2D eigenvalue weighted by molar-refractivity contribution is 7.89. The van der Waals surface area contributed by atoms with Crippen molar-refractivity contribution in [1.82, 2.24) is 19.4 Å². The highest BCUT2D eigenvalue weighted by Gasteiger charge is 2.39. The van der Waals surface area contributed by atoms with Crippen molar-refractivity contribution >= 4 is 27.7 Å². The number of carbonyl (C=O) groups excluding carboxylic acids is 2. The van der Waals surface area contributed by atoms with E-state index in [-0.39, 0.29) is 17.1 Å². The fraction of sp³-hybridized carbons (Fsp3) is 0.500. The number of nitrogens with zero attached hydrogens (tertiary/aromatic N) is 3. The third kappa shape index (κ3) is 2.39. The van der Waals surface area contributed by atoms with Gasteiger partial charge in [-0.2, -0.15) is 9.82 Å². The fourth-order valence-electron chi connectivity index (χ4n) is 1.89. The molecular formula is C10H15N5O4S. The number of likely N-dealkylation sites (N-methyl/N-ethyl adjacent to an activating group) is 1. The predicted molar refractivity (Wildman–Crippen MR) is 68.8 cm³/mol. The van der Waals surface area contributed by atoms with Crippen molar-refractivity contribution in [2.75, 3.05) is 12.8 Å². The number of aryl methyl sites for hydroxylation is 1. The number of likely N-dealkylation sites (tertiary alicyclic amines) is 1. The van der Waals surface area contributed by atoms with Gasteiger partial charge in [0.05, 0.1) is 6.42 Å². The third-order valence-corrected chi connectivity index (χ3v) is 4.54. The van der Waals surface area contributed by atoms with Crippen LogP contribution in [-0.4, -0.2) is 48.0 Å². The van der Waals surface area contributed by atoms with Crippen molar-refractivity contribution < 1.29 is 18.0 Å². The normalized spacial score (nSPS) is 19.9. The lowest BCUT2D eigenvalue weighted by molar-refractivity contribution is -0.137. The fourth-order valence-corrected chi connectivity index (χ4v) is 3.15. The van der Waals surface area contributed by atoms with Crippen molar-refractivity contribution in [3.63, 3.8) is 0 Å². The van der Waals surface area contributed by atoms with Gasteiger partial charge in [-0.05, 0) is 6.92 Å². The van der Waals surface area contributed by atoms with Crippen LogP contribution >= 0.6 is 0 Å². The molecule has 0 bridgehead atoms. The molecule has 0 saturated carbocycles. The molecule has 1 aromatic heterocycles. The second kappa shape index (κ2) is 4.87. The summed E-state index contributed by atoms with van der Waals surface area (Å²) in [5.41, 5.74) is 5.55. The monoisotopic (exact) mass is 301 g/mol. The largest absolute Gasteiger partial charge is 0.381 e. The zero-order valence-corrected chi connectivity index (χ0v) is 11.8. The third-order valence-electron chi connectivity index (χ3n) is 3.05. The molecule has 1 atom stereocenters. The number of sulfonamides is 1. The number of amides is 2. The van der Waals surface area contributed by atoms with Gasteiger partial charge in [-0.15, -0.1) is 0 Å². The molecule has 1 saturated heterocycles. The number of nitrogen functional groups attached to an aromatic ring is 1. The van der Waals surface area contributed by atoms with E-state index < -0.39 is 27.9 Å². The van der Waals surface area contributed by atoms with E-state index in [4.69, 9.17) is 5.73 Å². The van der Waals surface area contributed by atoms with Gasteiger partial charge in [0, 0.05) is 19.8 Å². The highest BCUT2D eigenvalue weighted by atomic mass is 32.2. The molecule has 1 unspecified atom stereocenters. The molecule has 1 fully saturated rings. The first-order chi connectivity index (χ1) is 9.26. The minimum atomic E-state index is -4.00. The topological polar surface area (TPSA) is 127 Å². The number of rotatable bonds is 4. The molecule has 2 heterocycles. The molecular weight excluding hydrogens is 286 g/mol. The number of nitrogens with one attached hydrogen (secondary N) is 1. The van der Waals surface area contributed by atoms with Gasteiger partial charge in [0.25, 0.3) is 0 Å². The van der Waals surface area contributed by atoms with Crippen LogP contribution in [0.1, 0.15) is 13.3 Å². The Morgan fingerprint density at radius 2 is 2.15 bits per heavy atom. The van der Waals surface area contributed by atoms with E-state index in [1.54, 1.807) is 6.92 Å². The standard InChI is InChI=1S/C10H15N5O4S/c1-3-15-5-7(9(11)12-15)20(18,19)13-6-4-8(16)14(2)10(6)17/h5-6,13H,3-4H2,1-2H3,(H2,11,12). The Morgan fingerprint density at radius 1 is 1.50 bits per heavy atom. The summed E-state index contributed by atoms with van der Waals surface area (Å²) >= 11 is 0. The number of aromatic nitrogens is 2. The average molecular weight is 301 g/mol. The van der Waals surface area contributed by atoms with Gasteiger partial charge in [0.2, 0.25) is 21.8 Å². The first-order valence-electron chi connectivity index (χ1n) is 5.92. The lowest BCUT2D eigenvalue weighted by Gasteiger charge is -2.10. The average Bonchev–Trinajstić information content (AvgIpc) is 2.86.